The second kappa shape index (κ2) is 4.84. The van der Waals surface area contributed by atoms with E-state index in [1.54, 1.807) is 0 Å². The molecule has 88 valence electrons. The van der Waals surface area contributed by atoms with Gasteiger partial charge in [0.25, 0.3) is 0 Å². The Hall–Kier alpha value is -0.410. The molecule has 0 bridgehead atoms. The molecule has 0 unspecified atom stereocenters. The SMILES string of the molecule is c1nc(C2CC2)sc1CNCCCC1CC1. The molecule has 0 amide bonds. The molecular formula is C13H20N2S. The summed E-state index contributed by atoms with van der Waals surface area (Å²) in [5.74, 6) is 1.89. The third-order valence-electron chi connectivity index (χ3n) is 3.46. The largest absolute Gasteiger partial charge is 0.312 e. The van der Waals surface area contributed by atoms with E-state index in [2.05, 4.69) is 16.5 Å². The molecule has 0 aliphatic heterocycles. The monoisotopic (exact) mass is 236 g/mol. The Morgan fingerprint density at radius 2 is 2.19 bits per heavy atom. The van der Waals surface area contributed by atoms with E-state index in [0.717, 1.165) is 18.4 Å². The number of rotatable bonds is 7. The first-order chi connectivity index (χ1) is 7.92. The molecule has 2 saturated carbocycles. The molecule has 3 rings (SSSR count). The zero-order valence-electron chi connectivity index (χ0n) is 9.74. The summed E-state index contributed by atoms with van der Waals surface area (Å²) in [6, 6.07) is 0. The molecule has 2 nitrogen and oxygen atoms in total. The van der Waals surface area contributed by atoms with Crippen molar-refractivity contribution in [2.24, 2.45) is 5.92 Å². The van der Waals surface area contributed by atoms with Crippen molar-refractivity contribution in [2.75, 3.05) is 6.54 Å². The van der Waals surface area contributed by atoms with Crippen LogP contribution in [0.3, 0.4) is 0 Å². The van der Waals surface area contributed by atoms with E-state index in [9.17, 15) is 0 Å². The summed E-state index contributed by atoms with van der Waals surface area (Å²) in [7, 11) is 0. The van der Waals surface area contributed by atoms with Crippen LogP contribution in [-0.2, 0) is 6.54 Å². The van der Waals surface area contributed by atoms with Crippen molar-refractivity contribution in [3.8, 4) is 0 Å². The van der Waals surface area contributed by atoms with Crippen LogP contribution in [0.1, 0.15) is 54.3 Å². The van der Waals surface area contributed by atoms with Gasteiger partial charge in [0.2, 0.25) is 0 Å². The van der Waals surface area contributed by atoms with Crippen LogP contribution in [0.5, 0.6) is 0 Å². The average Bonchev–Trinajstić information content (AvgIpc) is 3.19. The highest BCUT2D eigenvalue weighted by Gasteiger charge is 2.26. The van der Waals surface area contributed by atoms with Crippen molar-refractivity contribution in [1.82, 2.24) is 10.3 Å². The van der Waals surface area contributed by atoms with Crippen molar-refractivity contribution >= 4 is 11.3 Å². The lowest BCUT2D eigenvalue weighted by Crippen LogP contribution is -2.13. The summed E-state index contributed by atoms with van der Waals surface area (Å²) in [5, 5.41) is 4.90. The minimum atomic E-state index is 0.814. The quantitative estimate of drug-likeness (QED) is 0.735. The lowest BCUT2D eigenvalue weighted by Gasteiger charge is -2.01. The highest BCUT2D eigenvalue weighted by molar-refractivity contribution is 7.11. The van der Waals surface area contributed by atoms with E-state index in [1.165, 1.54) is 55.0 Å². The Labute approximate surface area is 101 Å². The molecule has 0 atom stereocenters. The summed E-state index contributed by atoms with van der Waals surface area (Å²) >= 11 is 1.91. The first kappa shape index (κ1) is 10.7. The third-order valence-corrected chi connectivity index (χ3v) is 4.62. The molecule has 0 spiro atoms. The molecule has 0 aromatic carbocycles. The van der Waals surface area contributed by atoms with Crippen LogP contribution in [0.4, 0.5) is 0 Å². The van der Waals surface area contributed by atoms with Crippen molar-refractivity contribution < 1.29 is 0 Å². The number of hydrogen-bond donors (Lipinski definition) is 1. The Bertz CT molecular complexity index is 339. The molecular weight excluding hydrogens is 216 g/mol. The summed E-state index contributed by atoms with van der Waals surface area (Å²) in [4.78, 5) is 5.90. The van der Waals surface area contributed by atoms with Gasteiger partial charge in [-0.3, -0.25) is 0 Å². The maximum Gasteiger partial charge on any atom is 0.0959 e. The number of hydrogen-bond acceptors (Lipinski definition) is 3. The predicted octanol–water partition coefficient (Wildman–Crippen LogP) is 3.30. The smallest absolute Gasteiger partial charge is 0.0959 e. The molecule has 1 heterocycles. The van der Waals surface area contributed by atoms with Gasteiger partial charge in [0.15, 0.2) is 0 Å². The summed E-state index contributed by atoms with van der Waals surface area (Å²) < 4.78 is 0. The van der Waals surface area contributed by atoms with Crippen LogP contribution in [0.15, 0.2) is 6.20 Å². The Balaban J connectivity index is 1.33. The van der Waals surface area contributed by atoms with Crippen LogP contribution < -0.4 is 5.32 Å². The lowest BCUT2D eigenvalue weighted by atomic mass is 10.2. The topological polar surface area (TPSA) is 24.9 Å². The number of nitrogens with zero attached hydrogens (tertiary/aromatic N) is 1. The summed E-state index contributed by atoms with van der Waals surface area (Å²) in [5.41, 5.74) is 0. The molecule has 2 aliphatic carbocycles. The van der Waals surface area contributed by atoms with Crippen molar-refractivity contribution in [3.05, 3.63) is 16.1 Å². The predicted molar refractivity (Wildman–Crippen MR) is 67.8 cm³/mol. The maximum absolute atomic E-state index is 4.49. The molecule has 2 fully saturated rings. The third kappa shape index (κ3) is 3.05. The van der Waals surface area contributed by atoms with Crippen molar-refractivity contribution in [3.63, 3.8) is 0 Å². The van der Waals surface area contributed by atoms with Gasteiger partial charge in [-0.25, -0.2) is 4.98 Å². The van der Waals surface area contributed by atoms with E-state index >= 15 is 0 Å². The Morgan fingerprint density at radius 1 is 1.31 bits per heavy atom. The van der Waals surface area contributed by atoms with Crippen LogP contribution >= 0.6 is 11.3 Å². The van der Waals surface area contributed by atoms with Crippen LogP contribution in [0.2, 0.25) is 0 Å². The van der Waals surface area contributed by atoms with E-state index in [4.69, 9.17) is 0 Å². The van der Waals surface area contributed by atoms with Gasteiger partial charge in [0.1, 0.15) is 0 Å². The van der Waals surface area contributed by atoms with Crippen LogP contribution in [-0.4, -0.2) is 11.5 Å². The molecule has 16 heavy (non-hydrogen) atoms. The average molecular weight is 236 g/mol. The fourth-order valence-electron chi connectivity index (χ4n) is 2.06. The van der Waals surface area contributed by atoms with E-state index < -0.39 is 0 Å². The molecule has 1 aromatic heterocycles. The first-order valence-electron chi connectivity index (χ1n) is 6.57. The lowest BCUT2D eigenvalue weighted by molar-refractivity contribution is 0.596. The van der Waals surface area contributed by atoms with Crippen molar-refractivity contribution in [2.45, 2.75) is 51.0 Å². The number of nitrogens with one attached hydrogen (secondary N) is 1. The summed E-state index contributed by atoms with van der Waals surface area (Å²) in [6.45, 7) is 2.20. The Morgan fingerprint density at radius 3 is 2.94 bits per heavy atom. The van der Waals surface area contributed by atoms with Crippen molar-refractivity contribution in [1.29, 1.82) is 0 Å². The van der Waals surface area contributed by atoms with Gasteiger partial charge in [0.05, 0.1) is 5.01 Å². The van der Waals surface area contributed by atoms with Gasteiger partial charge in [-0.1, -0.05) is 12.8 Å². The van der Waals surface area contributed by atoms with E-state index in [1.807, 2.05) is 11.3 Å². The Kier molecular flexibility index (Phi) is 3.25. The van der Waals surface area contributed by atoms with Gasteiger partial charge in [0, 0.05) is 23.5 Å². The zero-order chi connectivity index (χ0) is 10.8. The number of aromatic nitrogens is 1. The molecule has 1 aromatic rings. The molecule has 0 radical (unpaired) electrons. The fraction of sp³-hybridized carbons (Fsp3) is 0.769. The van der Waals surface area contributed by atoms with Crippen LogP contribution in [0.25, 0.3) is 0 Å². The van der Waals surface area contributed by atoms with E-state index in [0.29, 0.717) is 0 Å². The number of thiazole rings is 1. The van der Waals surface area contributed by atoms with Gasteiger partial charge in [-0.2, -0.15) is 0 Å². The standard InChI is InChI=1S/C13H20N2S/c1(2-10-3-4-10)7-14-8-12-9-15-13(16-12)11-5-6-11/h9-11,14H,1-8H2. The minimum Gasteiger partial charge on any atom is -0.312 e. The zero-order valence-corrected chi connectivity index (χ0v) is 10.6. The van der Waals surface area contributed by atoms with E-state index in [-0.39, 0.29) is 0 Å². The second-order valence-corrected chi connectivity index (χ2v) is 6.35. The molecule has 0 saturated heterocycles. The molecule has 3 heteroatoms. The maximum atomic E-state index is 4.49. The fourth-order valence-corrected chi connectivity index (χ4v) is 3.11. The van der Waals surface area contributed by atoms with Gasteiger partial charge < -0.3 is 5.32 Å². The van der Waals surface area contributed by atoms with Crippen LogP contribution in [0, 0.1) is 5.92 Å². The normalized spacial score (nSPS) is 20.2. The van der Waals surface area contributed by atoms with Gasteiger partial charge in [-0.05, 0) is 38.1 Å². The second-order valence-electron chi connectivity index (χ2n) is 5.20. The highest BCUT2D eigenvalue weighted by Crippen LogP contribution is 2.41. The molecule has 2 aliphatic rings. The first-order valence-corrected chi connectivity index (χ1v) is 7.39. The van der Waals surface area contributed by atoms with Gasteiger partial charge >= 0.3 is 0 Å². The van der Waals surface area contributed by atoms with Gasteiger partial charge in [-0.15, -0.1) is 11.3 Å². The minimum absolute atomic E-state index is 0.814. The summed E-state index contributed by atoms with van der Waals surface area (Å²) in [6.07, 6.45) is 10.5. The highest BCUT2D eigenvalue weighted by atomic mass is 32.1. The molecule has 1 N–H and O–H groups in total.